The standard InChI is InChI=1S/C11H10N4S/c12-4-8-6-15-7-13-5-9(11(15)14-8)10-2-1-3-16-10/h1-3,5-7H,4,12H2. The average Bonchev–Trinajstić information content (AvgIpc) is 2.97. The smallest absolute Gasteiger partial charge is 0.148 e. The zero-order chi connectivity index (χ0) is 11.0. The van der Waals surface area contributed by atoms with Gasteiger partial charge in [0.15, 0.2) is 0 Å². The van der Waals surface area contributed by atoms with E-state index in [1.807, 2.05) is 28.2 Å². The molecule has 0 unspecified atom stereocenters. The Morgan fingerprint density at radius 2 is 2.38 bits per heavy atom. The first kappa shape index (κ1) is 9.50. The first-order valence-corrected chi connectivity index (χ1v) is 5.82. The SMILES string of the molecule is NCc1cn2cncc(-c3cccs3)c2n1. The Kier molecular flexibility index (Phi) is 2.19. The lowest BCUT2D eigenvalue weighted by Crippen LogP contribution is -1.95. The van der Waals surface area contributed by atoms with E-state index in [1.54, 1.807) is 17.7 Å². The molecule has 0 saturated heterocycles. The van der Waals surface area contributed by atoms with Crippen LogP contribution in [0.3, 0.4) is 0 Å². The molecule has 0 fully saturated rings. The molecule has 0 atom stereocenters. The molecule has 0 radical (unpaired) electrons. The number of rotatable bonds is 2. The van der Waals surface area contributed by atoms with Crippen LogP contribution in [0.5, 0.6) is 0 Å². The van der Waals surface area contributed by atoms with Crippen molar-refractivity contribution >= 4 is 17.0 Å². The summed E-state index contributed by atoms with van der Waals surface area (Å²) in [4.78, 5) is 9.87. The van der Waals surface area contributed by atoms with Crippen molar-refractivity contribution in [1.82, 2.24) is 14.4 Å². The van der Waals surface area contributed by atoms with Crippen LogP contribution < -0.4 is 5.73 Å². The number of aromatic nitrogens is 3. The highest BCUT2D eigenvalue weighted by molar-refractivity contribution is 7.13. The molecule has 0 saturated carbocycles. The van der Waals surface area contributed by atoms with E-state index in [4.69, 9.17) is 5.73 Å². The van der Waals surface area contributed by atoms with Crippen molar-refractivity contribution in [3.05, 3.63) is 41.9 Å². The second kappa shape index (κ2) is 3.70. The van der Waals surface area contributed by atoms with Gasteiger partial charge in [-0.25, -0.2) is 9.97 Å². The Hall–Kier alpha value is -1.72. The largest absolute Gasteiger partial charge is 0.325 e. The number of hydrogen-bond acceptors (Lipinski definition) is 4. The lowest BCUT2D eigenvalue weighted by Gasteiger charge is -1.98. The van der Waals surface area contributed by atoms with Gasteiger partial charge in [0, 0.05) is 23.8 Å². The fourth-order valence-electron chi connectivity index (χ4n) is 1.67. The molecule has 0 aliphatic rings. The van der Waals surface area contributed by atoms with Crippen LogP contribution in [-0.4, -0.2) is 14.4 Å². The molecule has 0 aliphatic heterocycles. The number of nitrogens with two attached hydrogens (primary N) is 1. The van der Waals surface area contributed by atoms with Crippen molar-refractivity contribution in [3.8, 4) is 10.4 Å². The predicted octanol–water partition coefficient (Wildman–Crippen LogP) is 1.92. The summed E-state index contributed by atoms with van der Waals surface area (Å²) in [5, 5.41) is 2.05. The van der Waals surface area contributed by atoms with Crippen LogP contribution in [0.2, 0.25) is 0 Å². The molecule has 80 valence electrons. The van der Waals surface area contributed by atoms with Crippen molar-refractivity contribution in [2.75, 3.05) is 0 Å². The molecule has 0 bridgehead atoms. The average molecular weight is 230 g/mol. The highest BCUT2D eigenvalue weighted by atomic mass is 32.1. The molecule has 3 aromatic heterocycles. The number of imidazole rings is 1. The molecule has 0 amide bonds. The van der Waals surface area contributed by atoms with Gasteiger partial charge < -0.3 is 5.73 Å². The van der Waals surface area contributed by atoms with Crippen LogP contribution in [0.1, 0.15) is 5.69 Å². The minimum absolute atomic E-state index is 0.450. The van der Waals surface area contributed by atoms with E-state index in [2.05, 4.69) is 16.0 Å². The van der Waals surface area contributed by atoms with E-state index >= 15 is 0 Å². The van der Waals surface area contributed by atoms with Gasteiger partial charge in [-0.1, -0.05) is 6.07 Å². The second-order valence-corrected chi connectivity index (χ2v) is 4.40. The zero-order valence-electron chi connectivity index (χ0n) is 8.50. The molecule has 3 heterocycles. The van der Waals surface area contributed by atoms with E-state index < -0.39 is 0 Å². The summed E-state index contributed by atoms with van der Waals surface area (Å²) < 4.78 is 1.91. The van der Waals surface area contributed by atoms with Gasteiger partial charge in [-0.15, -0.1) is 11.3 Å². The van der Waals surface area contributed by atoms with Crippen molar-refractivity contribution in [2.24, 2.45) is 5.73 Å². The van der Waals surface area contributed by atoms with Gasteiger partial charge in [-0.2, -0.15) is 0 Å². The van der Waals surface area contributed by atoms with Crippen LogP contribution >= 0.6 is 11.3 Å². The molecule has 3 aromatic rings. The summed E-state index contributed by atoms with van der Waals surface area (Å²) in [7, 11) is 0. The molecule has 2 N–H and O–H groups in total. The van der Waals surface area contributed by atoms with Crippen LogP contribution in [-0.2, 0) is 6.54 Å². The summed E-state index contributed by atoms with van der Waals surface area (Å²) in [6.45, 7) is 0.450. The van der Waals surface area contributed by atoms with E-state index in [9.17, 15) is 0 Å². The Labute approximate surface area is 96.4 Å². The maximum atomic E-state index is 5.59. The first-order valence-electron chi connectivity index (χ1n) is 4.94. The number of hydrogen-bond donors (Lipinski definition) is 1. The summed E-state index contributed by atoms with van der Waals surface area (Å²) in [5.41, 5.74) is 8.44. The molecule has 0 aromatic carbocycles. The van der Waals surface area contributed by atoms with Gasteiger partial charge in [0.05, 0.1) is 11.3 Å². The highest BCUT2D eigenvalue weighted by Gasteiger charge is 2.08. The summed E-state index contributed by atoms with van der Waals surface area (Å²) >= 11 is 1.68. The van der Waals surface area contributed by atoms with Gasteiger partial charge in [-0.05, 0) is 11.4 Å². The third-order valence-electron chi connectivity index (χ3n) is 2.41. The Balaban J connectivity index is 2.28. The van der Waals surface area contributed by atoms with Crippen LogP contribution in [0.4, 0.5) is 0 Å². The lowest BCUT2D eigenvalue weighted by molar-refractivity contribution is 1.01. The number of fused-ring (bicyclic) bond motifs is 1. The first-order chi connectivity index (χ1) is 7.88. The fourth-order valence-corrected chi connectivity index (χ4v) is 2.40. The Bertz CT molecular complexity index is 612. The second-order valence-electron chi connectivity index (χ2n) is 3.45. The molecule has 5 heteroatoms. The Morgan fingerprint density at radius 1 is 1.44 bits per heavy atom. The molecule has 4 nitrogen and oxygen atoms in total. The summed E-state index contributed by atoms with van der Waals surface area (Å²) in [5.74, 6) is 0. The molecule has 0 aliphatic carbocycles. The number of nitrogens with zero attached hydrogens (tertiary/aromatic N) is 3. The van der Waals surface area contributed by atoms with Gasteiger partial charge in [0.25, 0.3) is 0 Å². The molecular formula is C11H10N4S. The maximum Gasteiger partial charge on any atom is 0.148 e. The Morgan fingerprint density at radius 3 is 3.12 bits per heavy atom. The van der Waals surface area contributed by atoms with Gasteiger partial charge >= 0.3 is 0 Å². The fraction of sp³-hybridized carbons (Fsp3) is 0.0909. The van der Waals surface area contributed by atoms with Crippen LogP contribution in [0, 0.1) is 0 Å². The van der Waals surface area contributed by atoms with Crippen molar-refractivity contribution in [2.45, 2.75) is 6.54 Å². The van der Waals surface area contributed by atoms with Crippen molar-refractivity contribution < 1.29 is 0 Å². The monoisotopic (exact) mass is 230 g/mol. The molecule has 0 spiro atoms. The van der Waals surface area contributed by atoms with Crippen LogP contribution in [0.15, 0.2) is 36.2 Å². The minimum atomic E-state index is 0.450. The van der Waals surface area contributed by atoms with E-state index in [0.29, 0.717) is 6.54 Å². The number of thiophene rings is 1. The van der Waals surface area contributed by atoms with Gasteiger partial charge in [-0.3, -0.25) is 4.40 Å². The van der Waals surface area contributed by atoms with E-state index in [1.165, 1.54) is 4.88 Å². The molecule has 3 rings (SSSR count). The van der Waals surface area contributed by atoms with Gasteiger partial charge in [0.1, 0.15) is 12.0 Å². The third-order valence-corrected chi connectivity index (χ3v) is 3.32. The quantitative estimate of drug-likeness (QED) is 0.731. The maximum absolute atomic E-state index is 5.59. The third kappa shape index (κ3) is 1.41. The lowest BCUT2D eigenvalue weighted by atomic mass is 10.3. The summed E-state index contributed by atoms with van der Waals surface area (Å²) in [6.07, 6.45) is 5.51. The topological polar surface area (TPSA) is 56.2 Å². The minimum Gasteiger partial charge on any atom is -0.325 e. The van der Waals surface area contributed by atoms with Crippen molar-refractivity contribution in [3.63, 3.8) is 0 Å². The van der Waals surface area contributed by atoms with Crippen LogP contribution in [0.25, 0.3) is 16.1 Å². The molecule has 16 heavy (non-hydrogen) atoms. The normalized spacial score (nSPS) is 11.1. The van der Waals surface area contributed by atoms with Gasteiger partial charge in [0.2, 0.25) is 0 Å². The zero-order valence-corrected chi connectivity index (χ0v) is 9.31. The summed E-state index contributed by atoms with van der Waals surface area (Å²) in [6, 6.07) is 4.09. The van der Waals surface area contributed by atoms with Crippen molar-refractivity contribution in [1.29, 1.82) is 0 Å². The molecular weight excluding hydrogens is 220 g/mol. The van der Waals surface area contributed by atoms with E-state index in [-0.39, 0.29) is 0 Å². The highest BCUT2D eigenvalue weighted by Crippen LogP contribution is 2.27. The predicted molar refractivity (Wildman–Crippen MR) is 64.2 cm³/mol. The van der Waals surface area contributed by atoms with E-state index in [0.717, 1.165) is 16.9 Å².